The van der Waals surface area contributed by atoms with Crippen LogP contribution in [0.25, 0.3) is 0 Å². The van der Waals surface area contributed by atoms with E-state index in [1.165, 1.54) is 0 Å². The van der Waals surface area contributed by atoms with E-state index < -0.39 is 0 Å². The van der Waals surface area contributed by atoms with Gasteiger partial charge in [-0.05, 0) is 28.3 Å². The van der Waals surface area contributed by atoms with Crippen LogP contribution in [0.5, 0.6) is 0 Å². The maximum atomic E-state index is 11.5. The molecule has 0 aliphatic carbocycles. The molecule has 0 saturated heterocycles. The van der Waals surface area contributed by atoms with Crippen LogP contribution in [0.1, 0.15) is 17.5 Å². The Kier molecular flexibility index (Phi) is 4.24. The fourth-order valence-corrected chi connectivity index (χ4v) is 1.79. The second kappa shape index (κ2) is 4.99. The molecule has 0 radical (unpaired) electrons. The van der Waals surface area contributed by atoms with Gasteiger partial charge in [-0.15, -0.1) is 0 Å². The van der Waals surface area contributed by atoms with Crippen LogP contribution in [0.2, 0.25) is 0 Å². The van der Waals surface area contributed by atoms with E-state index in [1.54, 1.807) is 18.0 Å². The lowest BCUT2D eigenvalue weighted by atomic mass is 10.4. The topological polar surface area (TPSA) is 34.9 Å². The van der Waals surface area contributed by atoms with Gasteiger partial charge < -0.3 is 4.57 Å². The highest BCUT2D eigenvalue weighted by atomic mass is 127. The second-order valence-electron chi connectivity index (χ2n) is 2.52. The number of carbonyl (C=O) groups is 1. The molecule has 0 N–H and O–H groups in total. The third kappa shape index (κ3) is 2.70. The highest BCUT2D eigenvalue weighted by Crippen LogP contribution is 2.09. The molecule has 1 aromatic heterocycles. The summed E-state index contributed by atoms with van der Waals surface area (Å²) in [5.41, 5.74) is 0. The molecular formula is C8H11IN2OS. The molecule has 13 heavy (non-hydrogen) atoms. The molecule has 0 unspecified atom stereocenters. The van der Waals surface area contributed by atoms with E-state index in [-0.39, 0.29) is 5.78 Å². The molecule has 0 amide bonds. The molecule has 5 heteroatoms. The van der Waals surface area contributed by atoms with E-state index in [9.17, 15) is 4.79 Å². The Morgan fingerprint density at radius 3 is 2.92 bits per heavy atom. The number of rotatable bonds is 4. The Labute approximate surface area is 95.4 Å². The van der Waals surface area contributed by atoms with Crippen molar-refractivity contribution in [3.8, 4) is 0 Å². The van der Waals surface area contributed by atoms with E-state index >= 15 is 0 Å². The molecule has 0 aliphatic heterocycles. The number of Topliss-reactive ketones (excluding diaryl/α,β-unsaturated/α-hetero) is 1. The summed E-state index contributed by atoms with van der Waals surface area (Å²) in [6.07, 6.45) is 1.71. The summed E-state index contributed by atoms with van der Waals surface area (Å²) in [5, 5.41) is 0. The van der Waals surface area contributed by atoms with Crippen LogP contribution in [0.3, 0.4) is 0 Å². The van der Waals surface area contributed by atoms with Gasteiger partial charge in [0, 0.05) is 7.05 Å². The summed E-state index contributed by atoms with van der Waals surface area (Å²) in [7, 11) is 1.86. The fourth-order valence-electron chi connectivity index (χ4n) is 0.907. The van der Waals surface area contributed by atoms with Crippen LogP contribution in [0.4, 0.5) is 0 Å². The molecule has 0 spiro atoms. The summed E-state index contributed by atoms with van der Waals surface area (Å²) in [4.78, 5) is 15.6. The van der Waals surface area contributed by atoms with Gasteiger partial charge in [-0.2, -0.15) is 11.8 Å². The maximum absolute atomic E-state index is 11.5. The molecular weight excluding hydrogens is 299 g/mol. The number of imidazole rings is 1. The van der Waals surface area contributed by atoms with Crippen molar-refractivity contribution in [1.82, 2.24) is 9.55 Å². The van der Waals surface area contributed by atoms with Gasteiger partial charge in [-0.3, -0.25) is 4.79 Å². The molecule has 0 aromatic carbocycles. The average Bonchev–Trinajstić information content (AvgIpc) is 2.44. The Balaban J connectivity index is 2.71. The van der Waals surface area contributed by atoms with E-state index in [1.807, 2.05) is 18.5 Å². The van der Waals surface area contributed by atoms with Crippen molar-refractivity contribution in [2.75, 3.05) is 11.5 Å². The van der Waals surface area contributed by atoms with E-state index in [0.717, 1.165) is 9.45 Å². The van der Waals surface area contributed by atoms with Gasteiger partial charge in [0.15, 0.2) is 5.82 Å². The predicted octanol–water partition coefficient (Wildman–Crippen LogP) is 1.96. The van der Waals surface area contributed by atoms with Crippen molar-refractivity contribution in [2.24, 2.45) is 7.05 Å². The number of halogens is 1. The summed E-state index contributed by atoms with van der Waals surface area (Å²) >= 11 is 3.78. The molecule has 0 fully saturated rings. The molecule has 72 valence electrons. The Morgan fingerprint density at radius 1 is 1.77 bits per heavy atom. The van der Waals surface area contributed by atoms with Gasteiger partial charge in [0.2, 0.25) is 5.78 Å². The Hall–Kier alpha value is -0.0400. The van der Waals surface area contributed by atoms with Crippen LogP contribution in [0, 0.1) is 3.70 Å². The largest absolute Gasteiger partial charge is 0.320 e. The SMILES string of the molecule is CCSCC(=O)c1ncc(I)n1C. The van der Waals surface area contributed by atoms with Crippen molar-refractivity contribution in [1.29, 1.82) is 0 Å². The number of hydrogen-bond donors (Lipinski definition) is 0. The third-order valence-corrected chi connectivity index (χ3v) is 3.49. The zero-order chi connectivity index (χ0) is 9.84. The zero-order valence-electron chi connectivity index (χ0n) is 7.58. The summed E-state index contributed by atoms with van der Waals surface area (Å²) in [6.45, 7) is 2.04. The first-order valence-corrected chi connectivity index (χ1v) is 6.18. The van der Waals surface area contributed by atoms with Crippen molar-refractivity contribution in [3.63, 3.8) is 0 Å². The molecule has 0 saturated carbocycles. The van der Waals surface area contributed by atoms with Gasteiger partial charge in [0.25, 0.3) is 0 Å². The van der Waals surface area contributed by atoms with Crippen LogP contribution >= 0.6 is 34.4 Å². The van der Waals surface area contributed by atoms with Crippen molar-refractivity contribution in [2.45, 2.75) is 6.92 Å². The third-order valence-electron chi connectivity index (χ3n) is 1.62. The first kappa shape index (κ1) is 11.0. The number of aromatic nitrogens is 2. The number of ketones is 1. The summed E-state index contributed by atoms with van der Waals surface area (Å²) in [5.74, 6) is 2.16. The molecule has 0 bridgehead atoms. The van der Waals surface area contributed by atoms with Crippen LogP contribution in [-0.2, 0) is 7.05 Å². The molecule has 0 aliphatic rings. The van der Waals surface area contributed by atoms with Crippen molar-refractivity contribution in [3.05, 3.63) is 15.7 Å². The monoisotopic (exact) mass is 310 g/mol. The molecule has 1 aromatic rings. The van der Waals surface area contributed by atoms with Crippen molar-refractivity contribution < 1.29 is 4.79 Å². The number of hydrogen-bond acceptors (Lipinski definition) is 3. The second-order valence-corrected chi connectivity index (χ2v) is 4.90. The highest BCUT2D eigenvalue weighted by Gasteiger charge is 2.12. The summed E-state index contributed by atoms with van der Waals surface area (Å²) < 4.78 is 2.81. The molecule has 1 heterocycles. The van der Waals surface area contributed by atoms with Gasteiger partial charge in [-0.1, -0.05) is 6.92 Å². The Bertz CT molecular complexity index is 311. The highest BCUT2D eigenvalue weighted by molar-refractivity contribution is 14.1. The minimum absolute atomic E-state index is 0.109. The van der Waals surface area contributed by atoms with Gasteiger partial charge >= 0.3 is 0 Å². The Morgan fingerprint density at radius 2 is 2.46 bits per heavy atom. The van der Waals surface area contributed by atoms with Crippen LogP contribution < -0.4 is 0 Å². The molecule has 0 atom stereocenters. The van der Waals surface area contributed by atoms with E-state index in [0.29, 0.717) is 11.6 Å². The molecule has 3 nitrogen and oxygen atoms in total. The van der Waals surface area contributed by atoms with Crippen LogP contribution in [-0.4, -0.2) is 26.8 Å². The maximum Gasteiger partial charge on any atom is 0.208 e. The van der Waals surface area contributed by atoms with Gasteiger partial charge in [0.1, 0.15) is 0 Å². The zero-order valence-corrected chi connectivity index (χ0v) is 10.6. The normalized spacial score (nSPS) is 10.4. The number of carbonyl (C=O) groups excluding carboxylic acids is 1. The molecule has 1 rings (SSSR count). The van der Waals surface area contributed by atoms with Gasteiger partial charge in [-0.25, -0.2) is 4.98 Å². The standard InChI is InChI=1S/C8H11IN2OS/c1-3-13-5-6(12)8-10-4-7(9)11(8)2/h4H,3,5H2,1-2H3. The van der Waals surface area contributed by atoms with Crippen LogP contribution in [0.15, 0.2) is 6.20 Å². The predicted molar refractivity (Wildman–Crippen MR) is 63.3 cm³/mol. The lowest BCUT2D eigenvalue weighted by Crippen LogP contribution is -2.10. The minimum Gasteiger partial charge on any atom is -0.320 e. The van der Waals surface area contributed by atoms with Gasteiger partial charge in [0.05, 0.1) is 15.7 Å². The first-order valence-electron chi connectivity index (χ1n) is 3.95. The number of thioether (sulfide) groups is 1. The lowest BCUT2D eigenvalue weighted by Gasteiger charge is -2.00. The minimum atomic E-state index is 0.109. The number of nitrogens with zero attached hydrogens (tertiary/aromatic N) is 2. The van der Waals surface area contributed by atoms with E-state index in [4.69, 9.17) is 0 Å². The van der Waals surface area contributed by atoms with Crippen molar-refractivity contribution >= 4 is 40.1 Å². The summed E-state index contributed by atoms with van der Waals surface area (Å²) in [6, 6.07) is 0. The average molecular weight is 310 g/mol. The smallest absolute Gasteiger partial charge is 0.208 e. The van der Waals surface area contributed by atoms with E-state index in [2.05, 4.69) is 27.6 Å². The fraction of sp³-hybridized carbons (Fsp3) is 0.500. The lowest BCUT2D eigenvalue weighted by molar-refractivity contribution is 0.101. The first-order chi connectivity index (χ1) is 6.16. The quantitative estimate of drug-likeness (QED) is 0.630.